The van der Waals surface area contributed by atoms with Crippen LogP contribution in [-0.2, 0) is 10.1 Å². The molecule has 0 saturated carbocycles. The van der Waals surface area contributed by atoms with Gasteiger partial charge in [0.05, 0.1) is 4.90 Å². The molecular weight excluding hydrogens is 214 g/mol. The Labute approximate surface area is 87.5 Å². The van der Waals surface area contributed by atoms with Crippen molar-refractivity contribution in [1.82, 2.24) is 4.57 Å². The van der Waals surface area contributed by atoms with Crippen molar-refractivity contribution in [3.63, 3.8) is 0 Å². The predicted molar refractivity (Wildman–Crippen MR) is 55.6 cm³/mol. The van der Waals surface area contributed by atoms with E-state index in [1.54, 1.807) is 12.1 Å². The van der Waals surface area contributed by atoms with Crippen LogP contribution in [0.25, 0.3) is 5.69 Å². The second-order valence-electron chi connectivity index (χ2n) is 3.06. The first kappa shape index (κ1) is 9.95. The molecule has 15 heavy (non-hydrogen) atoms. The zero-order chi connectivity index (χ0) is 10.9. The summed E-state index contributed by atoms with van der Waals surface area (Å²) in [5.41, 5.74) is 0.840. The summed E-state index contributed by atoms with van der Waals surface area (Å²) < 4.78 is 32.2. The van der Waals surface area contributed by atoms with Gasteiger partial charge in [-0.1, -0.05) is 0 Å². The summed E-state index contributed by atoms with van der Waals surface area (Å²) in [5, 5.41) is 0. The minimum atomic E-state index is -4.10. The van der Waals surface area contributed by atoms with E-state index in [1.165, 1.54) is 12.1 Å². The quantitative estimate of drug-likeness (QED) is 0.789. The van der Waals surface area contributed by atoms with Gasteiger partial charge < -0.3 is 4.57 Å². The van der Waals surface area contributed by atoms with Crippen LogP contribution in [0.5, 0.6) is 0 Å². The highest BCUT2D eigenvalue weighted by atomic mass is 32.2. The lowest BCUT2D eigenvalue weighted by Gasteiger charge is -2.03. The normalized spacial score (nSPS) is 11.5. The van der Waals surface area contributed by atoms with Crippen LogP contribution in [0.4, 0.5) is 0 Å². The molecule has 0 bridgehead atoms. The van der Waals surface area contributed by atoms with Crippen LogP contribution in [0.1, 0.15) is 0 Å². The SMILES string of the molecule is O=S(=O)(O)c1ccc(-n2cccc2)cc1. The molecule has 0 aliphatic rings. The molecule has 78 valence electrons. The van der Waals surface area contributed by atoms with Crippen molar-refractivity contribution < 1.29 is 13.0 Å². The second kappa shape index (κ2) is 3.52. The zero-order valence-corrected chi connectivity index (χ0v) is 8.55. The van der Waals surface area contributed by atoms with Gasteiger partial charge in [0.1, 0.15) is 0 Å². The van der Waals surface area contributed by atoms with Gasteiger partial charge in [-0.3, -0.25) is 4.55 Å². The standard InChI is InChI=1S/C10H9NO3S/c12-15(13,14)10-5-3-9(4-6-10)11-7-1-2-8-11/h1-8H,(H,12,13,14). The minimum absolute atomic E-state index is 0.0987. The van der Waals surface area contributed by atoms with Crippen molar-refractivity contribution in [1.29, 1.82) is 0 Å². The third kappa shape index (κ3) is 2.08. The summed E-state index contributed by atoms with van der Waals surface area (Å²) >= 11 is 0. The van der Waals surface area contributed by atoms with E-state index < -0.39 is 10.1 Å². The zero-order valence-electron chi connectivity index (χ0n) is 7.74. The van der Waals surface area contributed by atoms with Crippen molar-refractivity contribution in [2.75, 3.05) is 0 Å². The summed E-state index contributed by atoms with van der Waals surface area (Å²) in [6.07, 6.45) is 3.70. The summed E-state index contributed by atoms with van der Waals surface area (Å²) in [6, 6.07) is 9.73. The van der Waals surface area contributed by atoms with Crippen LogP contribution in [0.15, 0.2) is 53.7 Å². The Morgan fingerprint density at radius 1 is 1.00 bits per heavy atom. The first-order valence-corrected chi connectivity index (χ1v) is 5.72. The molecule has 2 rings (SSSR count). The van der Waals surface area contributed by atoms with Crippen LogP contribution >= 0.6 is 0 Å². The number of benzene rings is 1. The number of nitrogens with zero attached hydrogens (tertiary/aromatic N) is 1. The smallest absolute Gasteiger partial charge is 0.294 e. The van der Waals surface area contributed by atoms with Gasteiger partial charge in [-0.25, -0.2) is 0 Å². The van der Waals surface area contributed by atoms with Crippen molar-refractivity contribution >= 4 is 10.1 Å². The van der Waals surface area contributed by atoms with Gasteiger partial charge in [0.15, 0.2) is 0 Å². The van der Waals surface area contributed by atoms with E-state index in [-0.39, 0.29) is 4.90 Å². The molecule has 0 radical (unpaired) electrons. The van der Waals surface area contributed by atoms with Gasteiger partial charge in [-0.2, -0.15) is 8.42 Å². The highest BCUT2D eigenvalue weighted by molar-refractivity contribution is 7.85. The lowest BCUT2D eigenvalue weighted by Crippen LogP contribution is -1.98. The molecule has 0 unspecified atom stereocenters. The maximum absolute atomic E-state index is 10.8. The van der Waals surface area contributed by atoms with E-state index in [2.05, 4.69) is 0 Å². The Balaban J connectivity index is 2.42. The maximum Gasteiger partial charge on any atom is 0.294 e. The van der Waals surface area contributed by atoms with Gasteiger partial charge in [-0.15, -0.1) is 0 Å². The molecule has 0 aliphatic heterocycles. The highest BCUT2D eigenvalue weighted by Gasteiger charge is 2.08. The van der Waals surface area contributed by atoms with Crippen LogP contribution in [0.2, 0.25) is 0 Å². The van der Waals surface area contributed by atoms with E-state index in [0.717, 1.165) is 5.69 Å². The summed E-state index contributed by atoms with van der Waals surface area (Å²) in [6.45, 7) is 0. The molecule has 0 amide bonds. The van der Waals surface area contributed by atoms with Crippen molar-refractivity contribution in [3.8, 4) is 5.69 Å². The molecular formula is C10H9NO3S. The third-order valence-electron chi connectivity index (χ3n) is 2.04. The number of hydrogen-bond acceptors (Lipinski definition) is 2. The van der Waals surface area contributed by atoms with Gasteiger partial charge in [0.2, 0.25) is 0 Å². The van der Waals surface area contributed by atoms with E-state index in [1.807, 2.05) is 29.1 Å². The average molecular weight is 223 g/mol. The predicted octanol–water partition coefficient (Wildman–Crippen LogP) is 1.72. The van der Waals surface area contributed by atoms with Crippen molar-refractivity contribution in [3.05, 3.63) is 48.8 Å². The Hall–Kier alpha value is -1.59. The molecule has 1 N–H and O–H groups in total. The van der Waals surface area contributed by atoms with E-state index >= 15 is 0 Å². The number of aromatic nitrogens is 1. The highest BCUT2D eigenvalue weighted by Crippen LogP contribution is 2.13. The molecule has 0 spiro atoms. The fourth-order valence-corrected chi connectivity index (χ4v) is 1.78. The molecule has 0 saturated heterocycles. The van der Waals surface area contributed by atoms with Gasteiger partial charge in [0.25, 0.3) is 10.1 Å². The Morgan fingerprint density at radius 2 is 1.53 bits per heavy atom. The van der Waals surface area contributed by atoms with Crippen LogP contribution in [-0.4, -0.2) is 17.5 Å². The van der Waals surface area contributed by atoms with Crippen LogP contribution in [0.3, 0.4) is 0 Å². The van der Waals surface area contributed by atoms with Gasteiger partial charge in [-0.05, 0) is 36.4 Å². The summed E-state index contributed by atoms with van der Waals surface area (Å²) in [5.74, 6) is 0. The third-order valence-corrected chi connectivity index (χ3v) is 2.91. The molecule has 0 fully saturated rings. The number of hydrogen-bond donors (Lipinski definition) is 1. The topological polar surface area (TPSA) is 59.3 Å². The Morgan fingerprint density at radius 3 is 2.00 bits per heavy atom. The first-order valence-electron chi connectivity index (χ1n) is 4.28. The first-order chi connectivity index (χ1) is 7.07. The lowest BCUT2D eigenvalue weighted by molar-refractivity contribution is 0.483. The average Bonchev–Trinajstić information content (AvgIpc) is 2.69. The van der Waals surface area contributed by atoms with Crippen molar-refractivity contribution in [2.24, 2.45) is 0 Å². The molecule has 5 heteroatoms. The minimum Gasteiger partial charge on any atom is -0.324 e. The van der Waals surface area contributed by atoms with E-state index in [4.69, 9.17) is 4.55 Å². The summed E-state index contributed by atoms with van der Waals surface area (Å²) in [7, 11) is -4.10. The molecule has 1 aromatic carbocycles. The fourth-order valence-electron chi connectivity index (χ4n) is 1.30. The monoisotopic (exact) mass is 223 g/mol. The molecule has 0 atom stereocenters. The van der Waals surface area contributed by atoms with Gasteiger partial charge in [0, 0.05) is 18.1 Å². The van der Waals surface area contributed by atoms with E-state index in [0.29, 0.717) is 0 Å². The molecule has 2 aromatic rings. The fraction of sp³-hybridized carbons (Fsp3) is 0. The molecule has 1 heterocycles. The molecule has 0 aliphatic carbocycles. The summed E-state index contributed by atoms with van der Waals surface area (Å²) in [4.78, 5) is -0.0987. The number of rotatable bonds is 2. The molecule has 4 nitrogen and oxygen atoms in total. The van der Waals surface area contributed by atoms with Crippen LogP contribution in [0, 0.1) is 0 Å². The Kier molecular flexibility index (Phi) is 2.34. The lowest BCUT2D eigenvalue weighted by atomic mass is 10.3. The maximum atomic E-state index is 10.8. The Bertz CT molecular complexity index is 541. The van der Waals surface area contributed by atoms with E-state index in [9.17, 15) is 8.42 Å². The second-order valence-corrected chi connectivity index (χ2v) is 4.48. The molecule has 1 aromatic heterocycles. The van der Waals surface area contributed by atoms with Gasteiger partial charge >= 0.3 is 0 Å². The van der Waals surface area contributed by atoms with Crippen LogP contribution < -0.4 is 0 Å². The van der Waals surface area contributed by atoms with Crippen molar-refractivity contribution in [2.45, 2.75) is 4.90 Å². The largest absolute Gasteiger partial charge is 0.324 e.